The smallest absolute Gasteiger partial charge is 0.352 e. The average Bonchev–Trinajstić information content (AvgIpc) is 3.11. The topological polar surface area (TPSA) is 62.5 Å². The van der Waals surface area contributed by atoms with Crippen LogP contribution < -0.4 is 0 Å². The molecule has 0 bridgehead atoms. The molecule has 1 aromatic carbocycles. The normalized spacial score (nSPS) is 16.5. The first-order valence-corrected chi connectivity index (χ1v) is 8.89. The zero-order chi connectivity index (χ0) is 18.7. The van der Waals surface area contributed by atoms with Crippen LogP contribution in [0.2, 0.25) is 0 Å². The predicted molar refractivity (Wildman–Crippen MR) is 95.5 cm³/mol. The van der Waals surface area contributed by atoms with Crippen LogP contribution in [0.4, 0.5) is 4.39 Å². The number of carboxylic acid groups (broad SMARTS) is 1. The molecule has 0 aliphatic carbocycles. The maximum atomic E-state index is 13.3. The minimum atomic E-state index is -0.933. The number of amides is 1. The average molecular weight is 358 g/mol. The summed E-state index contributed by atoms with van der Waals surface area (Å²) >= 11 is 0. The minimum absolute atomic E-state index is 0.0682. The summed E-state index contributed by atoms with van der Waals surface area (Å²) in [5, 5.41) is 9.25. The Morgan fingerprint density at radius 3 is 2.62 bits per heavy atom. The monoisotopic (exact) mass is 358 g/mol. The maximum Gasteiger partial charge on any atom is 0.352 e. The minimum Gasteiger partial charge on any atom is -0.477 e. The van der Waals surface area contributed by atoms with Gasteiger partial charge < -0.3 is 14.6 Å². The standard InChI is InChI=1S/C20H23FN2O3/c1-14(12-15-4-2-5-16(21)13-15)19(24)22-10-7-17(8-11-22)23-9-3-6-18(23)20(25)26/h2-6,9,13-14,17H,7-8,10-12H2,1H3,(H,25,26). The van der Waals surface area contributed by atoms with Gasteiger partial charge in [-0.05, 0) is 49.1 Å². The number of aromatic carboxylic acids is 1. The quantitative estimate of drug-likeness (QED) is 0.891. The number of halogens is 1. The zero-order valence-electron chi connectivity index (χ0n) is 14.8. The molecule has 0 radical (unpaired) electrons. The Morgan fingerprint density at radius 1 is 1.23 bits per heavy atom. The highest BCUT2D eigenvalue weighted by Crippen LogP contribution is 2.26. The van der Waals surface area contributed by atoms with Crippen LogP contribution >= 0.6 is 0 Å². The second-order valence-corrected chi connectivity index (χ2v) is 6.90. The number of likely N-dealkylation sites (tertiary alicyclic amines) is 1. The molecule has 6 heteroatoms. The van der Waals surface area contributed by atoms with Crippen LogP contribution in [0.3, 0.4) is 0 Å². The lowest BCUT2D eigenvalue weighted by atomic mass is 9.97. The summed E-state index contributed by atoms with van der Waals surface area (Å²) in [6, 6.07) is 9.79. The van der Waals surface area contributed by atoms with Crippen molar-refractivity contribution in [2.24, 2.45) is 5.92 Å². The summed E-state index contributed by atoms with van der Waals surface area (Å²) in [5.41, 5.74) is 1.11. The van der Waals surface area contributed by atoms with Gasteiger partial charge in [-0.1, -0.05) is 19.1 Å². The Balaban J connectivity index is 1.58. The van der Waals surface area contributed by atoms with E-state index in [9.17, 15) is 19.1 Å². The largest absolute Gasteiger partial charge is 0.477 e. The van der Waals surface area contributed by atoms with Gasteiger partial charge in [-0.25, -0.2) is 9.18 Å². The molecule has 1 N–H and O–H groups in total. The third-order valence-electron chi connectivity index (χ3n) is 5.02. The first-order chi connectivity index (χ1) is 12.5. The molecule has 1 atom stereocenters. The van der Waals surface area contributed by atoms with E-state index in [0.717, 1.165) is 18.4 Å². The van der Waals surface area contributed by atoms with Crippen LogP contribution in [0.25, 0.3) is 0 Å². The Hall–Kier alpha value is -2.63. The highest BCUT2D eigenvalue weighted by Gasteiger charge is 2.28. The van der Waals surface area contributed by atoms with E-state index in [1.165, 1.54) is 12.1 Å². The molecule has 1 unspecified atom stereocenters. The molecular weight excluding hydrogens is 335 g/mol. The van der Waals surface area contributed by atoms with Gasteiger partial charge in [0, 0.05) is 31.2 Å². The number of aromatic nitrogens is 1. The Morgan fingerprint density at radius 2 is 1.96 bits per heavy atom. The molecule has 3 rings (SSSR count). The van der Waals surface area contributed by atoms with Crippen molar-refractivity contribution >= 4 is 11.9 Å². The number of rotatable bonds is 5. The van der Waals surface area contributed by atoms with Crippen molar-refractivity contribution in [3.63, 3.8) is 0 Å². The van der Waals surface area contributed by atoms with Gasteiger partial charge in [0.15, 0.2) is 0 Å². The first kappa shape index (κ1) is 18.2. The lowest BCUT2D eigenvalue weighted by molar-refractivity contribution is -0.136. The number of carboxylic acids is 1. The van der Waals surface area contributed by atoms with Crippen molar-refractivity contribution in [2.45, 2.75) is 32.2 Å². The number of carbonyl (C=O) groups is 2. The molecule has 1 aliphatic heterocycles. The van der Waals surface area contributed by atoms with Gasteiger partial charge in [-0.15, -0.1) is 0 Å². The summed E-state index contributed by atoms with van der Waals surface area (Å²) in [5.74, 6) is -1.37. The molecule has 0 saturated carbocycles. The van der Waals surface area contributed by atoms with Crippen LogP contribution in [0.5, 0.6) is 0 Å². The van der Waals surface area contributed by atoms with E-state index in [-0.39, 0.29) is 29.4 Å². The van der Waals surface area contributed by atoms with Crippen molar-refractivity contribution in [1.82, 2.24) is 9.47 Å². The molecule has 1 aromatic heterocycles. The van der Waals surface area contributed by atoms with Gasteiger partial charge in [0.2, 0.25) is 5.91 Å². The Bertz CT molecular complexity index is 794. The zero-order valence-corrected chi connectivity index (χ0v) is 14.8. The highest BCUT2D eigenvalue weighted by atomic mass is 19.1. The number of hydrogen-bond donors (Lipinski definition) is 1. The molecule has 2 heterocycles. The molecule has 1 saturated heterocycles. The van der Waals surface area contributed by atoms with Gasteiger partial charge >= 0.3 is 5.97 Å². The molecular formula is C20H23FN2O3. The molecule has 2 aromatic rings. The number of piperidine rings is 1. The summed E-state index contributed by atoms with van der Waals surface area (Å²) < 4.78 is 15.1. The van der Waals surface area contributed by atoms with Crippen molar-refractivity contribution < 1.29 is 19.1 Å². The lowest BCUT2D eigenvalue weighted by Crippen LogP contribution is -2.42. The second-order valence-electron chi connectivity index (χ2n) is 6.90. The van der Waals surface area contributed by atoms with Crippen molar-refractivity contribution in [2.75, 3.05) is 13.1 Å². The predicted octanol–water partition coefficient (Wildman–Crippen LogP) is 3.37. The molecule has 5 nitrogen and oxygen atoms in total. The van der Waals surface area contributed by atoms with E-state index in [1.54, 1.807) is 29.0 Å². The van der Waals surface area contributed by atoms with Crippen molar-refractivity contribution in [3.05, 3.63) is 59.7 Å². The summed E-state index contributed by atoms with van der Waals surface area (Å²) in [4.78, 5) is 25.8. The number of benzene rings is 1. The molecule has 0 spiro atoms. The van der Waals surface area contributed by atoms with E-state index in [4.69, 9.17) is 0 Å². The maximum absolute atomic E-state index is 13.3. The van der Waals surface area contributed by atoms with E-state index in [0.29, 0.717) is 19.5 Å². The molecule has 138 valence electrons. The van der Waals surface area contributed by atoms with E-state index < -0.39 is 5.97 Å². The fourth-order valence-electron chi connectivity index (χ4n) is 3.67. The van der Waals surface area contributed by atoms with E-state index in [1.807, 2.05) is 17.9 Å². The first-order valence-electron chi connectivity index (χ1n) is 8.89. The molecule has 1 aliphatic rings. The highest BCUT2D eigenvalue weighted by molar-refractivity contribution is 5.85. The molecule has 26 heavy (non-hydrogen) atoms. The Labute approximate surface area is 152 Å². The molecule has 1 amide bonds. The summed E-state index contributed by atoms with van der Waals surface area (Å²) in [6.07, 6.45) is 3.76. The van der Waals surface area contributed by atoms with Gasteiger partial charge in [0.25, 0.3) is 0 Å². The summed E-state index contributed by atoms with van der Waals surface area (Å²) in [7, 11) is 0. The van der Waals surface area contributed by atoms with Crippen molar-refractivity contribution in [1.29, 1.82) is 0 Å². The van der Waals surface area contributed by atoms with E-state index >= 15 is 0 Å². The summed E-state index contributed by atoms with van der Waals surface area (Å²) in [6.45, 7) is 3.08. The van der Waals surface area contributed by atoms with Crippen LogP contribution in [0.15, 0.2) is 42.6 Å². The number of nitrogens with zero attached hydrogens (tertiary/aromatic N) is 2. The van der Waals surface area contributed by atoms with Gasteiger partial charge in [-0.3, -0.25) is 4.79 Å². The van der Waals surface area contributed by atoms with E-state index in [2.05, 4.69) is 0 Å². The lowest BCUT2D eigenvalue weighted by Gasteiger charge is -2.34. The van der Waals surface area contributed by atoms with Crippen molar-refractivity contribution in [3.8, 4) is 0 Å². The fourth-order valence-corrected chi connectivity index (χ4v) is 3.67. The second kappa shape index (κ2) is 7.72. The Kier molecular flexibility index (Phi) is 5.40. The SMILES string of the molecule is CC(Cc1cccc(F)c1)C(=O)N1CCC(n2cccc2C(=O)O)CC1. The fraction of sp³-hybridized carbons (Fsp3) is 0.400. The number of hydrogen-bond acceptors (Lipinski definition) is 2. The third-order valence-corrected chi connectivity index (χ3v) is 5.02. The van der Waals surface area contributed by atoms with Crippen LogP contribution in [0, 0.1) is 11.7 Å². The van der Waals surface area contributed by atoms with Crippen LogP contribution in [-0.4, -0.2) is 39.5 Å². The molecule has 1 fully saturated rings. The van der Waals surface area contributed by atoms with Gasteiger partial charge in [0.05, 0.1) is 0 Å². The van der Waals surface area contributed by atoms with Gasteiger partial charge in [-0.2, -0.15) is 0 Å². The van der Waals surface area contributed by atoms with Crippen LogP contribution in [0.1, 0.15) is 41.9 Å². The number of carbonyl (C=O) groups excluding carboxylic acids is 1. The van der Waals surface area contributed by atoms with Gasteiger partial charge in [0.1, 0.15) is 11.5 Å². The third kappa shape index (κ3) is 3.95. The van der Waals surface area contributed by atoms with Crippen LogP contribution in [-0.2, 0) is 11.2 Å².